The topological polar surface area (TPSA) is 92.1 Å². The monoisotopic (exact) mass is 407 g/mol. The molecule has 0 saturated heterocycles. The Morgan fingerprint density at radius 1 is 0.806 bits per heavy atom. The molecule has 0 amide bonds. The summed E-state index contributed by atoms with van der Waals surface area (Å²) in [5.74, 6) is 1.52. The molecule has 0 saturated carbocycles. The molecule has 0 heterocycles. The summed E-state index contributed by atoms with van der Waals surface area (Å²) in [6, 6.07) is 19.8. The summed E-state index contributed by atoms with van der Waals surface area (Å²) in [5, 5.41) is 19.8. The van der Waals surface area contributed by atoms with Crippen molar-refractivity contribution < 1.29 is 9.47 Å². The van der Waals surface area contributed by atoms with Crippen LogP contribution in [0.25, 0.3) is 22.8 Å². The van der Waals surface area contributed by atoms with Crippen LogP contribution in [0, 0.1) is 22.7 Å². The lowest BCUT2D eigenvalue weighted by Crippen LogP contribution is -2.04. The second-order valence-electron chi connectivity index (χ2n) is 7.29. The molecule has 5 heteroatoms. The highest BCUT2D eigenvalue weighted by molar-refractivity contribution is 5.96. The minimum absolute atomic E-state index is 0.233. The van der Waals surface area contributed by atoms with E-state index >= 15 is 0 Å². The number of anilines is 1. The van der Waals surface area contributed by atoms with Crippen LogP contribution in [-0.2, 0) is 6.42 Å². The third-order valence-corrected chi connectivity index (χ3v) is 5.67. The molecule has 1 aliphatic carbocycles. The lowest BCUT2D eigenvalue weighted by atomic mass is 9.87. The number of fused-ring (bicyclic) bond motifs is 1. The van der Waals surface area contributed by atoms with Gasteiger partial charge >= 0.3 is 0 Å². The van der Waals surface area contributed by atoms with E-state index in [0.29, 0.717) is 11.1 Å². The standard InChI is InChI=1S/C26H21N3O2/c1-30-19-8-3-16(4-9-19)13-18-7-12-21-24(17-5-10-20(31-2)11-6-17)22(14-27)26(29)23(15-28)25(18)21/h3-6,8-11,13H,7,12,29H2,1-2H3/b18-13+. The van der Waals surface area contributed by atoms with Crippen LogP contribution in [0.15, 0.2) is 48.5 Å². The van der Waals surface area contributed by atoms with Gasteiger partial charge in [0.15, 0.2) is 0 Å². The highest BCUT2D eigenvalue weighted by Crippen LogP contribution is 2.46. The number of nitrogen functional groups attached to an aromatic ring is 1. The number of nitrogens with two attached hydrogens (primary N) is 1. The van der Waals surface area contributed by atoms with Crippen molar-refractivity contribution in [1.29, 1.82) is 10.5 Å². The first-order chi connectivity index (χ1) is 15.1. The van der Waals surface area contributed by atoms with Crippen molar-refractivity contribution in [2.24, 2.45) is 0 Å². The fraction of sp³-hybridized carbons (Fsp3) is 0.154. The van der Waals surface area contributed by atoms with Gasteiger partial charge in [0.25, 0.3) is 0 Å². The van der Waals surface area contributed by atoms with Crippen molar-refractivity contribution in [2.45, 2.75) is 12.8 Å². The summed E-state index contributed by atoms with van der Waals surface area (Å²) in [6.07, 6.45) is 3.59. The fourth-order valence-corrected chi connectivity index (χ4v) is 4.16. The molecule has 3 aromatic carbocycles. The Morgan fingerprint density at radius 2 is 1.35 bits per heavy atom. The molecule has 4 rings (SSSR count). The molecule has 0 atom stereocenters. The van der Waals surface area contributed by atoms with Crippen LogP contribution < -0.4 is 15.2 Å². The quantitative estimate of drug-likeness (QED) is 0.601. The molecule has 1 aliphatic rings. The lowest BCUT2D eigenvalue weighted by Gasteiger charge is -2.16. The largest absolute Gasteiger partial charge is 0.497 e. The van der Waals surface area contributed by atoms with E-state index < -0.39 is 0 Å². The minimum atomic E-state index is 0.233. The van der Waals surface area contributed by atoms with Gasteiger partial charge in [-0.15, -0.1) is 0 Å². The molecular formula is C26H21N3O2. The first-order valence-corrected chi connectivity index (χ1v) is 9.89. The Hall–Kier alpha value is -4.22. The van der Waals surface area contributed by atoms with Crippen molar-refractivity contribution in [2.75, 3.05) is 20.0 Å². The summed E-state index contributed by atoms with van der Waals surface area (Å²) in [7, 11) is 3.25. The van der Waals surface area contributed by atoms with Crippen molar-refractivity contribution in [3.8, 4) is 34.8 Å². The zero-order chi connectivity index (χ0) is 22.0. The van der Waals surface area contributed by atoms with Gasteiger partial charge in [0.05, 0.1) is 31.0 Å². The van der Waals surface area contributed by atoms with Crippen molar-refractivity contribution in [3.63, 3.8) is 0 Å². The van der Waals surface area contributed by atoms with Gasteiger partial charge in [-0.1, -0.05) is 30.3 Å². The molecule has 31 heavy (non-hydrogen) atoms. The maximum atomic E-state index is 9.88. The van der Waals surface area contributed by atoms with Gasteiger partial charge in [-0.05, 0) is 59.4 Å². The molecule has 5 nitrogen and oxygen atoms in total. The molecule has 0 spiro atoms. The van der Waals surface area contributed by atoms with Crippen LogP contribution in [0.5, 0.6) is 11.5 Å². The summed E-state index contributed by atoms with van der Waals surface area (Å²) < 4.78 is 10.5. The Kier molecular flexibility index (Phi) is 5.35. The average molecular weight is 407 g/mol. The highest BCUT2D eigenvalue weighted by Gasteiger charge is 2.29. The van der Waals surface area contributed by atoms with E-state index in [1.54, 1.807) is 14.2 Å². The number of allylic oxidation sites excluding steroid dienone is 1. The normalized spacial score (nSPS) is 13.4. The van der Waals surface area contributed by atoms with Gasteiger partial charge in [-0.3, -0.25) is 0 Å². The van der Waals surface area contributed by atoms with E-state index in [1.165, 1.54) is 0 Å². The van der Waals surface area contributed by atoms with Crippen LogP contribution in [-0.4, -0.2) is 14.2 Å². The molecule has 0 aromatic heterocycles. The van der Waals surface area contributed by atoms with E-state index in [0.717, 1.165) is 57.7 Å². The number of nitrogens with zero attached hydrogens (tertiary/aromatic N) is 2. The number of ether oxygens (including phenoxy) is 2. The Morgan fingerprint density at radius 3 is 1.90 bits per heavy atom. The summed E-state index contributed by atoms with van der Waals surface area (Å²) in [6.45, 7) is 0. The third kappa shape index (κ3) is 3.47. The molecule has 2 N–H and O–H groups in total. The fourth-order valence-electron chi connectivity index (χ4n) is 4.16. The predicted molar refractivity (Wildman–Crippen MR) is 121 cm³/mol. The Bertz CT molecular complexity index is 1260. The van der Waals surface area contributed by atoms with Crippen LogP contribution >= 0.6 is 0 Å². The SMILES string of the molecule is COc1ccc(/C=C2\CCc3c2c(C#N)c(N)c(C#N)c3-c2ccc(OC)cc2)cc1. The zero-order valence-electron chi connectivity index (χ0n) is 17.4. The van der Waals surface area contributed by atoms with Crippen molar-refractivity contribution in [1.82, 2.24) is 0 Å². The minimum Gasteiger partial charge on any atom is -0.497 e. The summed E-state index contributed by atoms with van der Waals surface area (Å²) in [4.78, 5) is 0. The van der Waals surface area contributed by atoms with Gasteiger partial charge < -0.3 is 15.2 Å². The number of nitriles is 2. The van der Waals surface area contributed by atoms with Crippen LogP contribution in [0.3, 0.4) is 0 Å². The predicted octanol–water partition coefficient (Wildman–Crippen LogP) is 5.18. The maximum absolute atomic E-state index is 9.88. The van der Waals surface area contributed by atoms with Gasteiger partial charge in [-0.25, -0.2) is 0 Å². The molecule has 0 fully saturated rings. The number of benzene rings is 3. The highest BCUT2D eigenvalue weighted by atomic mass is 16.5. The molecule has 152 valence electrons. The van der Waals surface area contributed by atoms with Crippen molar-refractivity contribution in [3.05, 3.63) is 76.3 Å². The first kappa shape index (κ1) is 20.1. The molecular weight excluding hydrogens is 386 g/mol. The number of hydrogen-bond acceptors (Lipinski definition) is 5. The maximum Gasteiger partial charge on any atom is 0.118 e. The molecule has 3 aromatic rings. The van der Waals surface area contributed by atoms with Gasteiger partial charge in [0, 0.05) is 11.1 Å². The summed E-state index contributed by atoms with van der Waals surface area (Å²) in [5.41, 5.74) is 12.9. The molecule has 0 aliphatic heterocycles. The van der Waals surface area contributed by atoms with E-state index in [4.69, 9.17) is 15.2 Å². The first-order valence-electron chi connectivity index (χ1n) is 9.89. The second kappa shape index (κ2) is 8.26. The van der Waals surface area contributed by atoms with Crippen LogP contribution in [0.4, 0.5) is 5.69 Å². The van der Waals surface area contributed by atoms with Crippen LogP contribution in [0.1, 0.15) is 34.2 Å². The van der Waals surface area contributed by atoms with Gasteiger partial charge in [0.2, 0.25) is 0 Å². The number of hydrogen-bond donors (Lipinski definition) is 1. The van der Waals surface area contributed by atoms with Gasteiger partial charge in [-0.2, -0.15) is 10.5 Å². The molecule has 0 radical (unpaired) electrons. The van der Waals surface area contributed by atoms with E-state index in [9.17, 15) is 10.5 Å². The second-order valence-corrected chi connectivity index (χ2v) is 7.29. The van der Waals surface area contributed by atoms with E-state index in [1.807, 2.05) is 48.5 Å². The smallest absolute Gasteiger partial charge is 0.118 e. The van der Waals surface area contributed by atoms with Crippen LogP contribution in [0.2, 0.25) is 0 Å². The third-order valence-electron chi connectivity index (χ3n) is 5.67. The van der Waals surface area contributed by atoms with E-state index in [-0.39, 0.29) is 5.69 Å². The van der Waals surface area contributed by atoms with Crippen molar-refractivity contribution >= 4 is 17.3 Å². The molecule has 0 bridgehead atoms. The average Bonchev–Trinajstić information content (AvgIpc) is 3.22. The zero-order valence-corrected chi connectivity index (χ0v) is 17.4. The number of methoxy groups -OCH3 is 2. The Balaban J connectivity index is 1.93. The van der Waals surface area contributed by atoms with E-state index in [2.05, 4.69) is 18.2 Å². The summed E-state index contributed by atoms with van der Waals surface area (Å²) >= 11 is 0. The number of rotatable bonds is 4. The van der Waals surface area contributed by atoms with Gasteiger partial charge in [0.1, 0.15) is 23.6 Å². The molecule has 0 unspecified atom stereocenters. The lowest BCUT2D eigenvalue weighted by molar-refractivity contribution is 0.414. The Labute approximate surface area is 181 Å².